The monoisotopic (exact) mass is 453 g/mol. The maximum absolute atomic E-state index is 12.0. The summed E-state index contributed by atoms with van der Waals surface area (Å²) in [4.78, 5) is 11.1. The highest BCUT2D eigenvalue weighted by Crippen LogP contribution is 2.33. The van der Waals surface area contributed by atoms with E-state index in [4.69, 9.17) is 9.84 Å². The second-order valence-corrected chi connectivity index (χ2v) is 9.90. The number of aryl methyl sites for hydroxylation is 1. The quantitative estimate of drug-likeness (QED) is 0.499. The molecule has 0 amide bonds. The van der Waals surface area contributed by atoms with E-state index in [1.54, 1.807) is 23.0 Å². The minimum Gasteiger partial charge on any atom is -0.377 e. The summed E-state index contributed by atoms with van der Waals surface area (Å²) in [6.45, 7) is 5.88. The van der Waals surface area contributed by atoms with Gasteiger partial charge in [0.1, 0.15) is 5.69 Å². The number of nitrogens with zero attached hydrogens (tertiary/aromatic N) is 6. The summed E-state index contributed by atoms with van der Waals surface area (Å²) in [6.07, 6.45) is 4.59. The lowest BCUT2D eigenvalue weighted by molar-refractivity contribution is 0.0984. The van der Waals surface area contributed by atoms with Crippen LogP contribution in [0.5, 0.6) is 0 Å². The fraction of sp³-hybridized carbons (Fsp3) is 0.333. The summed E-state index contributed by atoms with van der Waals surface area (Å²) in [6, 6.07) is 7.35. The normalized spacial score (nSPS) is 17.2. The number of H-pyrrole nitrogens is 1. The molecule has 0 bridgehead atoms. The molecule has 0 aliphatic carbocycles. The van der Waals surface area contributed by atoms with Crippen molar-refractivity contribution in [3.63, 3.8) is 0 Å². The van der Waals surface area contributed by atoms with Crippen LogP contribution in [0.25, 0.3) is 28.2 Å². The van der Waals surface area contributed by atoms with Crippen LogP contribution in [0, 0.1) is 6.92 Å². The van der Waals surface area contributed by atoms with Crippen molar-refractivity contribution in [2.24, 2.45) is 0 Å². The van der Waals surface area contributed by atoms with Crippen molar-refractivity contribution in [2.45, 2.75) is 24.9 Å². The first-order chi connectivity index (χ1) is 15.3. The average molecular weight is 454 g/mol. The van der Waals surface area contributed by atoms with E-state index in [2.05, 4.69) is 32.0 Å². The van der Waals surface area contributed by atoms with Crippen molar-refractivity contribution in [2.75, 3.05) is 30.9 Å². The molecule has 0 aromatic carbocycles. The minimum atomic E-state index is -3.40. The highest BCUT2D eigenvalue weighted by atomic mass is 32.2. The van der Waals surface area contributed by atoms with Crippen LogP contribution in [0.3, 0.4) is 0 Å². The first kappa shape index (κ1) is 20.6. The van der Waals surface area contributed by atoms with Crippen LogP contribution in [-0.4, -0.2) is 70.3 Å². The molecule has 1 atom stereocenters. The van der Waals surface area contributed by atoms with Gasteiger partial charge in [-0.3, -0.25) is 5.10 Å². The summed E-state index contributed by atoms with van der Waals surface area (Å²) in [5.74, 6) is 1.42. The molecule has 4 aromatic heterocycles. The fourth-order valence-electron chi connectivity index (χ4n) is 3.98. The van der Waals surface area contributed by atoms with Gasteiger partial charge in [0.05, 0.1) is 31.0 Å². The van der Waals surface area contributed by atoms with E-state index in [0.29, 0.717) is 24.7 Å². The average Bonchev–Trinajstić information content (AvgIpc) is 3.42. The number of nitrogens with one attached hydrogen (secondary N) is 1. The van der Waals surface area contributed by atoms with Crippen molar-refractivity contribution < 1.29 is 13.2 Å². The Morgan fingerprint density at radius 3 is 2.75 bits per heavy atom. The number of rotatable bonds is 4. The smallest absolute Gasteiger partial charge is 0.192 e. The number of ether oxygens (including phenoxy) is 1. The van der Waals surface area contributed by atoms with Crippen LogP contribution < -0.4 is 4.90 Å². The van der Waals surface area contributed by atoms with E-state index in [9.17, 15) is 8.42 Å². The maximum Gasteiger partial charge on any atom is 0.192 e. The molecule has 1 fully saturated rings. The molecule has 166 valence electrons. The zero-order valence-electron chi connectivity index (χ0n) is 18.0. The molecule has 1 saturated heterocycles. The van der Waals surface area contributed by atoms with Gasteiger partial charge in [-0.1, -0.05) is 0 Å². The van der Waals surface area contributed by atoms with Gasteiger partial charge in [0.15, 0.2) is 26.5 Å². The Hall–Kier alpha value is -3.31. The lowest BCUT2D eigenvalue weighted by atomic mass is 10.0. The van der Waals surface area contributed by atoms with Crippen LogP contribution in [0.4, 0.5) is 5.82 Å². The minimum absolute atomic E-state index is 0.0532. The van der Waals surface area contributed by atoms with Crippen LogP contribution in [0.2, 0.25) is 0 Å². The zero-order valence-corrected chi connectivity index (χ0v) is 18.8. The predicted octanol–water partition coefficient (Wildman–Crippen LogP) is 2.12. The maximum atomic E-state index is 12.0. The molecule has 11 heteroatoms. The van der Waals surface area contributed by atoms with Gasteiger partial charge in [-0.15, -0.1) is 5.10 Å². The lowest BCUT2D eigenvalue weighted by Crippen LogP contribution is -2.44. The first-order valence-corrected chi connectivity index (χ1v) is 12.1. The van der Waals surface area contributed by atoms with Crippen molar-refractivity contribution in [3.8, 4) is 22.6 Å². The number of anilines is 1. The summed E-state index contributed by atoms with van der Waals surface area (Å²) < 4.78 is 31.3. The molecule has 5 rings (SSSR count). The van der Waals surface area contributed by atoms with Crippen molar-refractivity contribution in [3.05, 3.63) is 42.4 Å². The number of fused-ring (bicyclic) bond motifs is 1. The Morgan fingerprint density at radius 2 is 2.06 bits per heavy atom. The summed E-state index contributed by atoms with van der Waals surface area (Å²) in [7, 11) is -3.40. The van der Waals surface area contributed by atoms with Gasteiger partial charge < -0.3 is 9.64 Å². The molecule has 5 heterocycles. The number of morpholine rings is 1. The second-order valence-electron chi connectivity index (χ2n) is 7.94. The Bertz CT molecular complexity index is 1400. The summed E-state index contributed by atoms with van der Waals surface area (Å²) in [5, 5.41) is 11.9. The number of aromatic nitrogens is 6. The molecule has 0 spiro atoms. The molecular weight excluding hydrogens is 430 g/mol. The molecular formula is C21H23N7O3S. The number of imidazole rings is 1. The van der Waals surface area contributed by atoms with E-state index in [-0.39, 0.29) is 11.1 Å². The Labute approximate surface area is 185 Å². The van der Waals surface area contributed by atoms with E-state index >= 15 is 0 Å². The van der Waals surface area contributed by atoms with Crippen LogP contribution >= 0.6 is 0 Å². The van der Waals surface area contributed by atoms with Crippen molar-refractivity contribution in [1.82, 2.24) is 29.8 Å². The summed E-state index contributed by atoms with van der Waals surface area (Å²) in [5.41, 5.74) is 3.85. The Balaban J connectivity index is 1.75. The highest BCUT2D eigenvalue weighted by Gasteiger charge is 2.24. The Morgan fingerprint density at radius 1 is 1.22 bits per heavy atom. The van der Waals surface area contributed by atoms with Gasteiger partial charge in [0.2, 0.25) is 0 Å². The molecule has 0 radical (unpaired) electrons. The van der Waals surface area contributed by atoms with Crippen LogP contribution in [0.1, 0.15) is 12.6 Å². The van der Waals surface area contributed by atoms with Gasteiger partial charge in [-0.2, -0.15) is 5.10 Å². The van der Waals surface area contributed by atoms with Gasteiger partial charge in [-0.25, -0.2) is 22.9 Å². The Kier molecular flexibility index (Phi) is 4.94. The number of hydrogen-bond donors (Lipinski definition) is 1. The molecule has 32 heavy (non-hydrogen) atoms. The molecule has 1 aliphatic rings. The zero-order chi connectivity index (χ0) is 22.5. The number of pyridine rings is 1. The largest absolute Gasteiger partial charge is 0.377 e. The molecule has 1 aliphatic heterocycles. The van der Waals surface area contributed by atoms with Crippen LogP contribution in [0.15, 0.2) is 41.7 Å². The lowest BCUT2D eigenvalue weighted by Gasteiger charge is -2.34. The van der Waals surface area contributed by atoms with Gasteiger partial charge in [-0.05, 0) is 38.1 Å². The van der Waals surface area contributed by atoms with Crippen molar-refractivity contribution >= 4 is 21.2 Å². The van der Waals surface area contributed by atoms with Crippen LogP contribution in [-0.2, 0) is 14.6 Å². The molecule has 4 aromatic rings. The molecule has 10 nitrogen and oxygen atoms in total. The standard InChI is InChI=1S/C21H23N7O3S/c1-13-12-31-9-8-27(13)19-10-16(15-4-5-20(24-14(15)2)32(3,29)30)18-11-22-21(28(18)26-19)17-6-7-23-25-17/h4-7,10-11,13H,8-9,12H2,1-3H3,(H,23,25). The SMILES string of the molecule is Cc1nc(S(C)(=O)=O)ccc1-c1cc(N2CCOCC2C)nn2c(-c3ccn[nH]3)ncc12. The predicted molar refractivity (Wildman–Crippen MR) is 119 cm³/mol. The fourth-order valence-corrected chi connectivity index (χ4v) is 4.60. The molecule has 0 saturated carbocycles. The number of aromatic amines is 1. The third-order valence-corrected chi connectivity index (χ3v) is 6.61. The highest BCUT2D eigenvalue weighted by molar-refractivity contribution is 7.90. The van der Waals surface area contributed by atoms with Gasteiger partial charge in [0.25, 0.3) is 0 Å². The summed E-state index contributed by atoms with van der Waals surface area (Å²) >= 11 is 0. The van der Waals surface area contributed by atoms with E-state index in [0.717, 1.165) is 41.0 Å². The van der Waals surface area contributed by atoms with Gasteiger partial charge >= 0.3 is 0 Å². The second kappa shape index (κ2) is 7.68. The van der Waals surface area contributed by atoms with E-state index < -0.39 is 9.84 Å². The molecule has 1 unspecified atom stereocenters. The van der Waals surface area contributed by atoms with E-state index in [1.165, 1.54) is 6.07 Å². The third-order valence-electron chi connectivity index (χ3n) is 5.62. The third kappa shape index (κ3) is 3.53. The van der Waals surface area contributed by atoms with Gasteiger partial charge in [0, 0.05) is 35.8 Å². The van der Waals surface area contributed by atoms with E-state index in [1.807, 2.05) is 19.1 Å². The molecule has 1 N–H and O–H groups in total. The topological polar surface area (TPSA) is 118 Å². The number of sulfone groups is 1. The van der Waals surface area contributed by atoms with Crippen molar-refractivity contribution in [1.29, 1.82) is 0 Å². The first-order valence-electron chi connectivity index (χ1n) is 10.2. The number of hydrogen-bond acceptors (Lipinski definition) is 8.